The first kappa shape index (κ1) is 23.1. The summed E-state index contributed by atoms with van der Waals surface area (Å²) in [4.78, 5) is 29.8. The molecule has 2 aromatic carbocycles. The minimum atomic E-state index is -0.312. The Labute approximate surface area is 189 Å². The molecular weight excluding hydrogens is 402 g/mol. The summed E-state index contributed by atoms with van der Waals surface area (Å²) in [7, 11) is 3.94. The smallest absolute Gasteiger partial charge is 0.291 e. The van der Waals surface area contributed by atoms with Crippen molar-refractivity contribution in [3.8, 4) is 0 Å². The fraction of sp³-hybridized carbons (Fsp3) is 0.308. The molecule has 6 nitrogen and oxygen atoms in total. The first-order chi connectivity index (χ1) is 15.3. The van der Waals surface area contributed by atoms with Gasteiger partial charge in [-0.3, -0.25) is 9.59 Å². The van der Waals surface area contributed by atoms with Crippen LogP contribution in [-0.2, 0) is 6.54 Å². The van der Waals surface area contributed by atoms with Crippen LogP contribution in [0.25, 0.3) is 0 Å². The molecular formula is C26H31N3O3. The van der Waals surface area contributed by atoms with Gasteiger partial charge in [0.15, 0.2) is 5.76 Å². The second-order valence-corrected chi connectivity index (χ2v) is 8.23. The largest absolute Gasteiger partial charge is 0.459 e. The van der Waals surface area contributed by atoms with Gasteiger partial charge in [0, 0.05) is 43.6 Å². The minimum absolute atomic E-state index is 0.00206. The van der Waals surface area contributed by atoms with Gasteiger partial charge in [0.05, 0.1) is 6.26 Å². The molecule has 0 fully saturated rings. The molecule has 3 aromatic rings. The molecule has 0 bridgehead atoms. The molecule has 0 aliphatic carbocycles. The lowest BCUT2D eigenvalue weighted by molar-refractivity contribution is 0.0671. The topological polar surface area (TPSA) is 65.8 Å². The summed E-state index contributed by atoms with van der Waals surface area (Å²) in [5.74, 6) is -0.0648. The van der Waals surface area contributed by atoms with Crippen molar-refractivity contribution in [1.29, 1.82) is 0 Å². The first-order valence-electron chi connectivity index (χ1n) is 10.8. The highest BCUT2D eigenvalue weighted by Crippen LogP contribution is 2.27. The zero-order valence-corrected chi connectivity index (χ0v) is 19.4. The van der Waals surface area contributed by atoms with Crippen molar-refractivity contribution in [3.05, 3.63) is 83.3 Å². The third-order valence-corrected chi connectivity index (χ3v) is 5.55. The van der Waals surface area contributed by atoms with Crippen molar-refractivity contribution >= 4 is 23.2 Å². The Bertz CT molecular complexity index is 1070. The van der Waals surface area contributed by atoms with Crippen molar-refractivity contribution in [2.24, 2.45) is 0 Å². The van der Waals surface area contributed by atoms with Gasteiger partial charge in [0.25, 0.3) is 11.8 Å². The molecule has 3 rings (SSSR count). The normalized spacial score (nSPS) is 11.7. The van der Waals surface area contributed by atoms with E-state index < -0.39 is 0 Å². The lowest BCUT2D eigenvalue weighted by Crippen LogP contribution is -2.38. The summed E-state index contributed by atoms with van der Waals surface area (Å²) in [5.41, 5.74) is 4.33. The average Bonchev–Trinajstić information content (AvgIpc) is 3.31. The summed E-state index contributed by atoms with van der Waals surface area (Å²) >= 11 is 0. The predicted molar refractivity (Wildman–Crippen MR) is 128 cm³/mol. The molecule has 0 radical (unpaired) electrons. The van der Waals surface area contributed by atoms with E-state index in [1.54, 1.807) is 12.1 Å². The Hall–Kier alpha value is -3.54. The van der Waals surface area contributed by atoms with Crippen molar-refractivity contribution in [1.82, 2.24) is 4.90 Å². The summed E-state index contributed by atoms with van der Waals surface area (Å²) in [6.07, 6.45) is 2.31. The van der Waals surface area contributed by atoms with Gasteiger partial charge in [-0.05, 0) is 68.3 Å². The molecule has 0 aliphatic heterocycles. The number of furan rings is 1. The maximum absolute atomic E-state index is 13.4. The SMILES string of the molecule is CCC(C)N(Cc1cc(NC(=O)c2ccco2)ccc1N(C)C)C(=O)c1cccc(C)c1. The molecule has 2 amide bonds. The number of nitrogens with one attached hydrogen (secondary N) is 1. The lowest BCUT2D eigenvalue weighted by Gasteiger charge is -2.31. The number of hydrogen-bond acceptors (Lipinski definition) is 4. The van der Waals surface area contributed by atoms with Gasteiger partial charge in [-0.2, -0.15) is 0 Å². The van der Waals surface area contributed by atoms with Crippen molar-refractivity contribution in [2.45, 2.75) is 39.8 Å². The second-order valence-electron chi connectivity index (χ2n) is 8.23. The van der Waals surface area contributed by atoms with Crippen LogP contribution in [0.1, 0.15) is 52.3 Å². The van der Waals surface area contributed by atoms with Crippen LogP contribution in [-0.4, -0.2) is 36.9 Å². The van der Waals surface area contributed by atoms with E-state index in [9.17, 15) is 9.59 Å². The van der Waals surface area contributed by atoms with Gasteiger partial charge in [-0.25, -0.2) is 0 Å². The van der Waals surface area contributed by atoms with Gasteiger partial charge in [-0.15, -0.1) is 0 Å². The lowest BCUT2D eigenvalue weighted by atomic mass is 10.1. The van der Waals surface area contributed by atoms with Crippen LogP contribution in [0.3, 0.4) is 0 Å². The minimum Gasteiger partial charge on any atom is -0.459 e. The van der Waals surface area contributed by atoms with E-state index in [1.807, 2.05) is 73.3 Å². The Kier molecular flexibility index (Phi) is 7.36. The van der Waals surface area contributed by atoms with Gasteiger partial charge in [0.1, 0.15) is 0 Å². The van der Waals surface area contributed by atoms with E-state index in [0.717, 1.165) is 23.2 Å². The second kappa shape index (κ2) is 10.2. The third-order valence-electron chi connectivity index (χ3n) is 5.55. The highest BCUT2D eigenvalue weighted by molar-refractivity contribution is 6.02. The molecule has 0 spiro atoms. The highest BCUT2D eigenvalue weighted by atomic mass is 16.3. The standard InChI is InChI=1S/C26H31N3O3/c1-6-19(3)29(26(31)20-10-7-9-18(2)15-20)17-21-16-22(12-13-23(21)28(4)5)27-25(30)24-11-8-14-32-24/h7-16,19H,6,17H2,1-5H3,(H,27,30). The van der Waals surface area contributed by atoms with Crippen LogP contribution < -0.4 is 10.2 Å². The van der Waals surface area contributed by atoms with Crippen molar-refractivity contribution in [2.75, 3.05) is 24.3 Å². The van der Waals surface area contributed by atoms with E-state index in [-0.39, 0.29) is 23.6 Å². The van der Waals surface area contributed by atoms with E-state index in [0.29, 0.717) is 17.8 Å². The van der Waals surface area contributed by atoms with Crippen LogP contribution in [0.4, 0.5) is 11.4 Å². The number of anilines is 2. The number of hydrogen-bond donors (Lipinski definition) is 1. The number of benzene rings is 2. The number of aryl methyl sites for hydroxylation is 1. The summed E-state index contributed by atoms with van der Waals surface area (Å²) < 4.78 is 5.19. The fourth-order valence-corrected chi connectivity index (χ4v) is 3.60. The number of carbonyl (C=O) groups excluding carboxylic acids is 2. The molecule has 1 heterocycles. The third kappa shape index (κ3) is 5.38. The van der Waals surface area contributed by atoms with Crippen LogP contribution in [0.2, 0.25) is 0 Å². The molecule has 1 N–H and O–H groups in total. The summed E-state index contributed by atoms with van der Waals surface area (Å²) in [6, 6.07) is 16.8. The maximum Gasteiger partial charge on any atom is 0.291 e. The van der Waals surface area contributed by atoms with E-state index >= 15 is 0 Å². The first-order valence-corrected chi connectivity index (χ1v) is 10.8. The molecule has 1 unspecified atom stereocenters. The molecule has 0 saturated carbocycles. The highest BCUT2D eigenvalue weighted by Gasteiger charge is 2.23. The monoisotopic (exact) mass is 433 g/mol. The van der Waals surface area contributed by atoms with Gasteiger partial charge in [-0.1, -0.05) is 24.6 Å². The Morgan fingerprint density at radius 3 is 2.47 bits per heavy atom. The van der Waals surface area contributed by atoms with Gasteiger partial charge < -0.3 is 19.5 Å². The van der Waals surface area contributed by atoms with E-state index in [2.05, 4.69) is 19.2 Å². The summed E-state index contributed by atoms with van der Waals surface area (Å²) in [5, 5.41) is 2.88. The van der Waals surface area contributed by atoms with Crippen LogP contribution in [0.15, 0.2) is 65.3 Å². The maximum atomic E-state index is 13.4. The molecule has 168 valence electrons. The molecule has 0 aliphatic rings. The van der Waals surface area contributed by atoms with E-state index in [1.165, 1.54) is 6.26 Å². The molecule has 1 aromatic heterocycles. The quantitative estimate of drug-likeness (QED) is 0.520. The number of rotatable bonds is 8. The predicted octanol–water partition coefficient (Wildman–Crippen LogP) is 5.35. The van der Waals surface area contributed by atoms with Crippen LogP contribution >= 0.6 is 0 Å². The van der Waals surface area contributed by atoms with Crippen molar-refractivity contribution < 1.29 is 14.0 Å². The Morgan fingerprint density at radius 2 is 1.84 bits per heavy atom. The summed E-state index contributed by atoms with van der Waals surface area (Å²) in [6.45, 7) is 6.55. The number of carbonyl (C=O) groups is 2. The van der Waals surface area contributed by atoms with Crippen molar-refractivity contribution in [3.63, 3.8) is 0 Å². The Morgan fingerprint density at radius 1 is 1.06 bits per heavy atom. The Balaban J connectivity index is 1.93. The molecule has 6 heteroatoms. The molecule has 32 heavy (non-hydrogen) atoms. The number of nitrogens with zero attached hydrogens (tertiary/aromatic N) is 2. The number of amides is 2. The van der Waals surface area contributed by atoms with Gasteiger partial charge >= 0.3 is 0 Å². The zero-order valence-electron chi connectivity index (χ0n) is 19.4. The zero-order chi connectivity index (χ0) is 23.3. The van der Waals surface area contributed by atoms with Crippen LogP contribution in [0, 0.1) is 6.92 Å². The fourth-order valence-electron chi connectivity index (χ4n) is 3.60. The molecule has 0 saturated heterocycles. The van der Waals surface area contributed by atoms with E-state index in [4.69, 9.17) is 4.42 Å². The molecule has 1 atom stereocenters. The van der Waals surface area contributed by atoms with Gasteiger partial charge in [0.2, 0.25) is 0 Å². The van der Waals surface area contributed by atoms with Crippen LogP contribution in [0.5, 0.6) is 0 Å². The average molecular weight is 434 g/mol.